The first-order valence-corrected chi connectivity index (χ1v) is 9.04. The summed E-state index contributed by atoms with van der Waals surface area (Å²) in [7, 11) is 0. The van der Waals surface area contributed by atoms with Crippen LogP contribution in [-0.2, 0) is 19.1 Å². The van der Waals surface area contributed by atoms with Crippen LogP contribution in [-0.4, -0.2) is 30.2 Å². The molecule has 2 atom stereocenters. The summed E-state index contributed by atoms with van der Waals surface area (Å²) in [5, 5.41) is 0. The molecule has 1 saturated heterocycles. The Morgan fingerprint density at radius 2 is 1.59 bits per heavy atom. The van der Waals surface area contributed by atoms with Crippen molar-refractivity contribution in [2.75, 3.05) is 11.5 Å². The lowest BCUT2D eigenvalue weighted by Crippen LogP contribution is -2.33. The van der Waals surface area contributed by atoms with Gasteiger partial charge in [-0.25, -0.2) is 9.69 Å². The van der Waals surface area contributed by atoms with E-state index >= 15 is 0 Å². The molecule has 0 saturated carbocycles. The molecule has 1 fully saturated rings. The van der Waals surface area contributed by atoms with Gasteiger partial charge in [0, 0.05) is 5.41 Å². The summed E-state index contributed by atoms with van der Waals surface area (Å²) in [6.45, 7) is 4.88. The maximum absolute atomic E-state index is 12.8. The maximum Gasteiger partial charge on any atom is 0.340 e. The summed E-state index contributed by atoms with van der Waals surface area (Å²) in [4.78, 5) is 51.2. The van der Waals surface area contributed by atoms with E-state index in [1.165, 1.54) is 6.07 Å². The molecule has 0 radical (unpaired) electrons. The number of ketones is 1. The third-order valence-corrected chi connectivity index (χ3v) is 5.04. The molecule has 6 heteroatoms. The molecular formula is C21H23NO5. The fourth-order valence-electron chi connectivity index (χ4n) is 3.30. The van der Waals surface area contributed by atoms with Gasteiger partial charge in [-0.2, -0.15) is 0 Å². The van der Waals surface area contributed by atoms with Crippen molar-refractivity contribution in [1.82, 2.24) is 0 Å². The third-order valence-electron chi connectivity index (χ3n) is 5.04. The minimum Gasteiger partial charge on any atom is -0.454 e. The van der Waals surface area contributed by atoms with Crippen LogP contribution in [0.15, 0.2) is 36.4 Å². The number of anilines is 1. The smallest absolute Gasteiger partial charge is 0.340 e. The van der Waals surface area contributed by atoms with Crippen LogP contribution in [0.3, 0.4) is 0 Å². The van der Waals surface area contributed by atoms with Crippen LogP contribution in [0.2, 0.25) is 0 Å². The minimum absolute atomic E-state index is 0.104. The Balaban J connectivity index is 1.84. The molecule has 27 heavy (non-hydrogen) atoms. The SMILES string of the molecule is CC(C)(C)C(=O)COC(=O)c1ccccc1N1C(=O)C2CC=CCC2C1=O. The predicted molar refractivity (Wildman–Crippen MR) is 99.0 cm³/mol. The van der Waals surface area contributed by atoms with Gasteiger partial charge in [0.1, 0.15) is 0 Å². The van der Waals surface area contributed by atoms with E-state index in [0.29, 0.717) is 12.8 Å². The summed E-state index contributed by atoms with van der Waals surface area (Å²) >= 11 is 0. The zero-order valence-corrected chi connectivity index (χ0v) is 15.7. The average molecular weight is 369 g/mol. The highest BCUT2D eigenvalue weighted by atomic mass is 16.5. The molecule has 2 aliphatic rings. The number of carbonyl (C=O) groups is 4. The third kappa shape index (κ3) is 3.56. The highest BCUT2D eigenvalue weighted by Crippen LogP contribution is 2.38. The monoisotopic (exact) mass is 369 g/mol. The first kappa shape index (κ1) is 19.0. The van der Waals surface area contributed by atoms with E-state index in [1.807, 2.05) is 12.2 Å². The van der Waals surface area contributed by atoms with Gasteiger partial charge in [-0.3, -0.25) is 14.4 Å². The fourth-order valence-corrected chi connectivity index (χ4v) is 3.30. The van der Waals surface area contributed by atoms with Crippen LogP contribution in [0.1, 0.15) is 44.0 Å². The molecule has 0 N–H and O–H groups in total. The standard InChI is InChI=1S/C21H23NO5/c1-21(2,3)17(23)12-27-20(26)15-10-6-7-11-16(15)22-18(24)13-8-4-5-9-14(13)19(22)25/h4-7,10-11,13-14H,8-9,12H2,1-3H3. The molecule has 0 aromatic heterocycles. The number of nitrogens with zero attached hydrogens (tertiary/aromatic N) is 1. The van der Waals surface area contributed by atoms with E-state index in [0.717, 1.165) is 4.90 Å². The lowest BCUT2D eigenvalue weighted by atomic mass is 9.85. The second kappa shape index (κ2) is 7.10. The van der Waals surface area contributed by atoms with Crippen LogP contribution in [0.5, 0.6) is 0 Å². The van der Waals surface area contributed by atoms with E-state index in [2.05, 4.69) is 0 Å². The molecule has 6 nitrogen and oxygen atoms in total. The average Bonchev–Trinajstić information content (AvgIpc) is 2.89. The van der Waals surface area contributed by atoms with Gasteiger partial charge in [0.2, 0.25) is 11.8 Å². The Morgan fingerprint density at radius 1 is 1.04 bits per heavy atom. The highest BCUT2D eigenvalue weighted by Gasteiger charge is 2.48. The molecular weight excluding hydrogens is 346 g/mol. The zero-order chi connectivity index (χ0) is 19.8. The van der Waals surface area contributed by atoms with Crippen molar-refractivity contribution in [2.24, 2.45) is 17.3 Å². The summed E-state index contributed by atoms with van der Waals surface area (Å²) in [6, 6.07) is 6.35. The number of rotatable bonds is 4. The van der Waals surface area contributed by atoms with E-state index < -0.39 is 11.4 Å². The molecule has 1 aromatic rings. The molecule has 1 aromatic carbocycles. The van der Waals surface area contributed by atoms with Gasteiger partial charge < -0.3 is 4.74 Å². The van der Waals surface area contributed by atoms with Gasteiger partial charge in [-0.1, -0.05) is 45.1 Å². The Labute approximate surface area is 158 Å². The Kier molecular flexibility index (Phi) is 5.00. The van der Waals surface area contributed by atoms with Gasteiger partial charge in [0.25, 0.3) is 0 Å². The van der Waals surface area contributed by atoms with Crippen LogP contribution in [0.25, 0.3) is 0 Å². The molecule has 1 heterocycles. The molecule has 142 valence electrons. The fraction of sp³-hybridized carbons (Fsp3) is 0.429. The quantitative estimate of drug-likeness (QED) is 0.463. The number of imide groups is 1. The van der Waals surface area contributed by atoms with E-state index in [-0.39, 0.29) is 47.3 Å². The van der Waals surface area contributed by atoms with Crippen molar-refractivity contribution in [3.63, 3.8) is 0 Å². The number of carbonyl (C=O) groups excluding carboxylic acids is 4. The number of esters is 1. The van der Waals surface area contributed by atoms with Gasteiger partial charge in [-0.05, 0) is 25.0 Å². The number of hydrogen-bond acceptors (Lipinski definition) is 5. The van der Waals surface area contributed by atoms with Gasteiger partial charge in [-0.15, -0.1) is 0 Å². The number of Topliss-reactive ketones (excluding diaryl/α,β-unsaturated/α-hetero) is 1. The lowest BCUT2D eigenvalue weighted by molar-refractivity contribution is -0.129. The van der Waals surface area contributed by atoms with Crippen molar-refractivity contribution in [1.29, 1.82) is 0 Å². The van der Waals surface area contributed by atoms with Crippen molar-refractivity contribution in [2.45, 2.75) is 33.6 Å². The van der Waals surface area contributed by atoms with Gasteiger partial charge in [0.15, 0.2) is 12.4 Å². The van der Waals surface area contributed by atoms with Crippen molar-refractivity contribution in [3.8, 4) is 0 Å². The Bertz CT molecular complexity index is 807. The number of allylic oxidation sites excluding steroid dienone is 2. The highest BCUT2D eigenvalue weighted by molar-refractivity contribution is 6.24. The topological polar surface area (TPSA) is 80.8 Å². The molecule has 2 amide bonds. The number of benzene rings is 1. The van der Waals surface area contributed by atoms with E-state index in [4.69, 9.17) is 4.74 Å². The van der Waals surface area contributed by atoms with Crippen LogP contribution in [0, 0.1) is 17.3 Å². The van der Waals surface area contributed by atoms with E-state index in [9.17, 15) is 19.2 Å². The molecule has 0 bridgehead atoms. The number of para-hydroxylation sites is 1. The molecule has 0 spiro atoms. The Hall–Kier alpha value is -2.76. The van der Waals surface area contributed by atoms with Gasteiger partial charge >= 0.3 is 5.97 Å². The first-order valence-electron chi connectivity index (χ1n) is 9.04. The minimum atomic E-state index is -0.725. The molecule has 2 unspecified atom stereocenters. The van der Waals surface area contributed by atoms with Gasteiger partial charge in [0.05, 0.1) is 23.1 Å². The number of ether oxygens (including phenoxy) is 1. The predicted octanol–water partition coefficient (Wildman–Crippen LogP) is 2.91. The molecule has 3 rings (SSSR count). The summed E-state index contributed by atoms with van der Waals surface area (Å²) in [5.41, 5.74) is -0.300. The zero-order valence-electron chi connectivity index (χ0n) is 15.7. The second-order valence-corrected chi connectivity index (χ2v) is 7.93. The summed E-state index contributed by atoms with van der Waals surface area (Å²) in [6.07, 6.45) is 4.87. The first-order chi connectivity index (χ1) is 12.7. The van der Waals surface area contributed by atoms with Crippen LogP contribution < -0.4 is 4.90 Å². The summed E-state index contributed by atoms with van der Waals surface area (Å²) < 4.78 is 5.16. The Morgan fingerprint density at radius 3 is 2.15 bits per heavy atom. The number of fused-ring (bicyclic) bond motifs is 1. The summed E-state index contributed by atoms with van der Waals surface area (Å²) in [5.74, 6) is -2.28. The lowest BCUT2D eigenvalue weighted by Gasteiger charge is -2.19. The molecule has 1 aliphatic heterocycles. The number of hydrogen-bond donors (Lipinski definition) is 0. The van der Waals surface area contributed by atoms with Crippen LogP contribution >= 0.6 is 0 Å². The van der Waals surface area contributed by atoms with Crippen molar-refractivity contribution < 1.29 is 23.9 Å². The number of amides is 2. The molecule has 1 aliphatic carbocycles. The van der Waals surface area contributed by atoms with Crippen molar-refractivity contribution >= 4 is 29.3 Å². The maximum atomic E-state index is 12.8. The second-order valence-electron chi connectivity index (χ2n) is 7.93. The normalized spacial score (nSPS) is 22.0. The largest absolute Gasteiger partial charge is 0.454 e. The van der Waals surface area contributed by atoms with Crippen LogP contribution in [0.4, 0.5) is 5.69 Å². The van der Waals surface area contributed by atoms with E-state index in [1.54, 1.807) is 39.0 Å². The van der Waals surface area contributed by atoms with Crippen molar-refractivity contribution in [3.05, 3.63) is 42.0 Å².